The summed E-state index contributed by atoms with van der Waals surface area (Å²) in [5.74, 6) is 0.131. The van der Waals surface area contributed by atoms with Crippen molar-refractivity contribution < 1.29 is 14.3 Å². The Morgan fingerprint density at radius 2 is 2.20 bits per heavy atom. The quantitative estimate of drug-likeness (QED) is 0.792. The highest BCUT2D eigenvalue weighted by molar-refractivity contribution is 9.10. The predicted octanol–water partition coefficient (Wildman–Crippen LogP) is 2.17. The molecule has 0 fully saturated rings. The van der Waals surface area contributed by atoms with E-state index in [9.17, 15) is 4.79 Å². The molecule has 0 saturated carbocycles. The molecule has 0 aliphatic carbocycles. The van der Waals surface area contributed by atoms with Crippen LogP contribution in [0.15, 0.2) is 22.9 Å². The van der Waals surface area contributed by atoms with Gasteiger partial charge in [0, 0.05) is 12.4 Å². The molecule has 0 amide bonds. The molecule has 0 bridgehead atoms. The summed E-state index contributed by atoms with van der Waals surface area (Å²) >= 11 is 3.28. The van der Waals surface area contributed by atoms with E-state index >= 15 is 0 Å². The highest BCUT2D eigenvalue weighted by Gasteiger charge is 2.31. The second-order valence-electron chi connectivity index (χ2n) is 3.41. The standard InChI is InChI=1S/C10H12BrNO3/c1-10(2,9(13)14-3)15-8-4-5-12-6-7(8)11/h4-6H,1-3H3. The normalized spacial score (nSPS) is 10.9. The molecule has 0 aliphatic heterocycles. The number of aromatic nitrogens is 1. The summed E-state index contributed by atoms with van der Waals surface area (Å²) in [5.41, 5.74) is -1.02. The number of carbonyl (C=O) groups is 1. The molecular formula is C10H12BrNO3. The number of rotatable bonds is 3. The summed E-state index contributed by atoms with van der Waals surface area (Å²) in [4.78, 5) is 15.3. The van der Waals surface area contributed by atoms with Crippen LogP contribution in [0.2, 0.25) is 0 Å². The highest BCUT2D eigenvalue weighted by atomic mass is 79.9. The van der Waals surface area contributed by atoms with Crippen LogP contribution < -0.4 is 4.74 Å². The Kier molecular flexibility index (Phi) is 3.68. The molecule has 0 saturated heterocycles. The van der Waals surface area contributed by atoms with Crippen LogP contribution >= 0.6 is 15.9 Å². The molecule has 82 valence electrons. The summed E-state index contributed by atoms with van der Waals surface area (Å²) in [6, 6.07) is 1.68. The molecule has 0 atom stereocenters. The molecular weight excluding hydrogens is 262 g/mol. The molecule has 4 nitrogen and oxygen atoms in total. The number of esters is 1. The maximum atomic E-state index is 11.4. The van der Waals surface area contributed by atoms with Crippen molar-refractivity contribution >= 4 is 21.9 Å². The van der Waals surface area contributed by atoms with Crippen molar-refractivity contribution in [1.82, 2.24) is 4.98 Å². The average Bonchev–Trinajstić information content (AvgIpc) is 2.20. The molecule has 0 radical (unpaired) electrons. The van der Waals surface area contributed by atoms with Crippen LogP contribution in [0, 0.1) is 0 Å². The number of nitrogens with zero attached hydrogens (tertiary/aromatic N) is 1. The van der Waals surface area contributed by atoms with Gasteiger partial charge in [-0.15, -0.1) is 0 Å². The fraction of sp³-hybridized carbons (Fsp3) is 0.400. The van der Waals surface area contributed by atoms with Crippen molar-refractivity contribution in [1.29, 1.82) is 0 Å². The maximum absolute atomic E-state index is 11.4. The summed E-state index contributed by atoms with van der Waals surface area (Å²) in [6.07, 6.45) is 3.19. The summed E-state index contributed by atoms with van der Waals surface area (Å²) in [5, 5.41) is 0. The van der Waals surface area contributed by atoms with Crippen LogP contribution in [0.25, 0.3) is 0 Å². The van der Waals surface area contributed by atoms with Crippen molar-refractivity contribution in [2.75, 3.05) is 7.11 Å². The van der Waals surface area contributed by atoms with E-state index in [1.807, 2.05) is 0 Å². The fourth-order valence-electron chi connectivity index (χ4n) is 1.01. The van der Waals surface area contributed by atoms with Crippen LogP contribution in [0.4, 0.5) is 0 Å². The second kappa shape index (κ2) is 4.61. The number of halogens is 1. The molecule has 1 heterocycles. The predicted molar refractivity (Wildman–Crippen MR) is 58.7 cm³/mol. The van der Waals surface area contributed by atoms with Gasteiger partial charge in [-0.05, 0) is 35.8 Å². The van der Waals surface area contributed by atoms with E-state index in [1.165, 1.54) is 7.11 Å². The minimum absolute atomic E-state index is 0.425. The number of hydrogen-bond acceptors (Lipinski definition) is 4. The molecule has 0 spiro atoms. The Balaban J connectivity index is 2.86. The smallest absolute Gasteiger partial charge is 0.349 e. The first-order valence-corrected chi connectivity index (χ1v) is 5.13. The van der Waals surface area contributed by atoms with Gasteiger partial charge in [-0.25, -0.2) is 4.79 Å². The van der Waals surface area contributed by atoms with Gasteiger partial charge in [0.2, 0.25) is 0 Å². The highest BCUT2D eigenvalue weighted by Crippen LogP contribution is 2.27. The number of ether oxygens (including phenoxy) is 2. The van der Waals surface area contributed by atoms with E-state index in [4.69, 9.17) is 4.74 Å². The molecule has 15 heavy (non-hydrogen) atoms. The van der Waals surface area contributed by atoms with Crippen molar-refractivity contribution in [2.24, 2.45) is 0 Å². The third-order valence-electron chi connectivity index (χ3n) is 1.78. The lowest BCUT2D eigenvalue weighted by Crippen LogP contribution is -2.39. The molecule has 0 N–H and O–H groups in total. The van der Waals surface area contributed by atoms with Gasteiger partial charge < -0.3 is 9.47 Å². The summed E-state index contributed by atoms with van der Waals surface area (Å²) < 4.78 is 10.9. The van der Waals surface area contributed by atoms with Crippen LogP contribution in [0.5, 0.6) is 5.75 Å². The Hall–Kier alpha value is -1.10. The lowest BCUT2D eigenvalue weighted by atomic mass is 10.1. The molecule has 0 aliphatic rings. The van der Waals surface area contributed by atoms with Gasteiger partial charge in [0.25, 0.3) is 0 Å². The Labute approximate surface area is 96.7 Å². The number of pyridine rings is 1. The van der Waals surface area contributed by atoms with Gasteiger partial charge >= 0.3 is 5.97 Å². The van der Waals surface area contributed by atoms with Crippen LogP contribution in [0.1, 0.15) is 13.8 Å². The lowest BCUT2D eigenvalue weighted by molar-refractivity contribution is -0.156. The molecule has 1 aromatic rings. The topological polar surface area (TPSA) is 48.4 Å². The molecule has 0 unspecified atom stereocenters. The van der Waals surface area contributed by atoms with Crippen molar-refractivity contribution in [3.8, 4) is 5.75 Å². The zero-order valence-electron chi connectivity index (χ0n) is 8.78. The van der Waals surface area contributed by atoms with Gasteiger partial charge in [-0.1, -0.05) is 0 Å². The van der Waals surface area contributed by atoms with E-state index in [1.54, 1.807) is 32.3 Å². The monoisotopic (exact) mass is 273 g/mol. The minimum atomic E-state index is -1.02. The number of methoxy groups -OCH3 is 1. The van der Waals surface area contributed by atoms with E-state index in [0.717, 1.165) is 0 Å². The van der Waals surface area contributed by atoms with Gasteiger partial charge in [-0.3, -0.25) is 4.98 Å². The third-order valence-corrected chi connectivity index (χ3v) is 2.37. The Morgan fingerprint density at radius 3 is 2.73 bits per heavy atom. The third kappa shape index (κ3) is 2.92. The van der Waals surface area contributed by atoms with E-state index < -0.39 is 11.6 Å². The minimum Gasteiger partial charge on any atom is -0.475 e. The van der Waals surface area contributed by atoms with Crippen molar-refractivity contribution in [3.63, 3.8) is 0 Å². The first-order chi connectivity index (χ1) is 6.97. The average molecular weight is 274 g/mol. The summed E-state index contributed by atoms with van der Waals surface area (Å²) in [7, 11) is 1.33. The van der Waals surface area contributed by atoms with E-state index in [2.05, 4.69) is 25.7 Å². The van der Waals surface area contributed by atoms with Crippen LogP contribution in [-0.4, -0.2) is 23.7 Å². The first-order valence-electron chi connectivity index (χ1n) is 4.34. The van der Waals surface area contributed by atoms with Crippen molar-refractivity contribution in [3.05, 3.63) is 22.9 Å². The van der Waals surface area contributed by atoms with E-state index in [-0.39, 0.29) is 0 Å². The van der Waals surface area contributed by atoms with Crippen LogP contribution in [-0.2, 0) is 9.53 Å². The first kappa shape index (κ1) is 12.0. The molecule has 5 heteroatoms. The number of hydrogen-bond donors (Lipinski definition) is 0. The Bertz CT molecular complexity index is 365. The molecule has 1 aromatic heterocycles. The maximum Gasteiger partial charge on any atom is 0.349 e. The lowest BCUT2D eigenvalue weighted by Gasteiger charge is -2.23. The van der Waals surface area contributed by atoms with Gasteiger partial charge in [0.05, 0.1) is 11.6 Å². The molecule has 1 rings (SSSR count). The zero-order chi connectivity index (χ0) is 11.5. The van der Waals surface area contributed by atoms with Gasteiger partial charge in [0.15, 0.2) is 5.60 Å². The van der Waals surface area contributed by atoms with E-state index in [0.29, 0.717) is 10.2 Å². The molecule has 0 aromatic carbocycles. The SMILES string of the molecule is COC(=O)C(C)(C)Oc1ccncc1Br. The van der Waals surface area contributed by atoms with Crippen LogP contribution in [0.3, 0.4) is 0 Å². The largest absolute Gasteiger partial charge is 0.475 e. The Morgan fingerprint density at radius 1 is 1.53 bits per heavy atom. The van der Waals surface area contributed by atoms with Crippen molar-refractivity contribution in [2.45, 2.75) is 19.4 Å². The van der Waals surface area contributed by atoms with Gasteiger partial charge in [0.1, 0.15) is 5.75 Å². The summed E-state index contributed by atoms with van der Waals surface area (Å²) in [6.45, 7) is 3.29. The fourth-order valence-corrected chi connectivity index (χ4v) is 1.34. The number of carbonyl (C=O) groups excluding carboxylic acids is 1. The van der Waals surface area contributed by atoms with Gasteiger partial charge in [-0.2, -0.15) is 0 Å². The zero-order valence-corrected chi connectivity index (χ0v) is 10.4. The second-order valence-corrected chi connectivity index (χ2v) is 4.26.